The van der Waals surface area contributed by atoms with E-state index in [1.807, 2.05) is 53.6 Å². The number of amides is 4. The van der Waals surface area contributed by atoms with Crippen LogP contribution in [0.3, 0.4) is 0 Å². The average molecular weight is 983 g/mol. The quantitative estimate of drug-likeness (QED) is 0.137. The number of nitrogens with one attached hydrogen (secondary N) is 1. The van der Waals surface area contributed by atoms with Crippen molar-refractivity contribution < 1.29 is 23.1 Å². The highest BCUT2D eigenvalue weighted by Crippen LogP contribution is 2.39. The first-order valence-electron chi connectivity index (χ1n) is 23.3. The van der Waals surface area contributed by atoms with Crippen molar-refractivity contribution in [1.29, 1.82) is 0 Å². The Bertz CT molecular complexity index is 2710. The van der Waals surface area contributed by atoms with Crippen molar-refractivity contribution >= 4 is 74.1 Å². The molecule has 3 aromatic carbocycles. The molecule has 16 nitrogen and oxygen atoms in total. The van der Waals surface area contributed by atoms with Crippen LogP contribution in [0.4, 0.5) is 38.5 Å². The summed E-state index contributed by atoms with van der Waals surface area (Å²) >= 11 is 12.9. The van der Waals surface area contributed by atoms with Crippen LogP contribution in [0, 0.1) is 0 Å². The van der Waals surface area contributed by atoms with Crippen LogP contribution in [-0.4, -0.2) is 120 Å². The number of carbonyl (C=O) groups is 2. The highest BCUT2D eigenvalue weighted by Gasteiger charge is 2.41. The third-order valence-electron chi connectivity index (χ3n) is 13.5. The summed E-state index contributed by atoms with van der Waals surface area (Å²) in [5.41, 5.74) is 3.56. The lowest BCUT2D eigenvalue weighted by atomic mass is 9.93. The number of nitrogens with zero attached hydrogens (tertiary/aromatic N) is 10. The van der Waals surface area contributed by atoms with E-state index >= 15 is 0 Å². The molecule has 0 unspecified atom stereocenters. The molecule has 19 heteroatoms. The second-order valence-corrected chi connectivity index (χ2v) is 21.1. The Morgan fingerprint density at radius 1 is 0.632 bits per heavy atom. The van der Waals surface area contributed by atoms with Crippen LogP contribution in [0.5, 0.6) is 0 Å². The summed E-state index contributed by atoms with van der Waals surface area (Å²) in [6.45, 7) is 4.14. The number of likely N-dealkylation sites (tertiary alicyclic amines) is 2. The number of aliphatic hydroxyl groups excluding tert-OH is 1. The molecule has 1 aliphatic carbocycles. The molecule has 5 aromatic rings. The van der Waals surface area contributed by atoms with Crippen molar-refractivity contribution in [2.75, 3.05) is 65.2 Å². The topological polar surface area (TPSA) is 172 Å². The summed E-state index contributed by atoms with van der Waals surface area (Å²) in [7, 11) is 0.362. The second-order valence-electron chi connectivity index (χ2n) is 18.4. The number of benzene rings is 3. The molecule has 2 N–H and O–H groups in total. The summed E-state index contributed by atoms with van der Waals surface area (Å²) in [6, 6.07) is 23.4. The van der Waals surface area contributed by atoms with E-state index in [2.05, 4.69) is 44.2 Å². The maximum Gasteiger partial charge on any atom is 0.330 e. The maximum atomic E-state index is 13.8. The maximum absolute atomic E-state index is 13.8. The zero-order chi connectivity index (χ0) is 47.5. The van der Waals surface area contributed by atoms with E-state index in [0.717, 1.165) is 83.1 Å². The number of aromatic nitrogens is 4. The van der Waals surface area contributed by atoms with Crippen LogP contribution >= 0.6 is 23.2 Å². The van der Waals surface area contributed by atoms with E-state index in [9.17, 15) is 23.1 Å². The molecule has 5 aliphatic rings. The number of sulfone groups is 1. The van der Waals surface area contributed by atoms with E-state index in [4.69, 9.17) is 28.2 Å². The number of aliphatic hydroxyl groups is 1. The number of halogens is 2. The molecule has 0 atom stereocenters. The highest BCUT2D eigenvalue weighted by molar-refractivity contribution is 7.90. The second kappa shape index (κ2) is 20.7. The Morgan fingerprint density at radius 2 is 1.10 bits per heavy atom. The number of piperidine rings is 2. The third kappa shape index (κ3) is 10.4. The lowest BCUT2D eigenvalue weighted by Crippen LogP contribution is -2.55. The fourth-order valence-electron chi connectivity index (χ4n) is 9.70. The minimum Gasteiger partial charge on any atom is -0.393 e. The van der Waals surface area contributed by atoms with Crippen LogP contribution in [0.2, 0.25) is 10.0 Å². The smallest absolute Gasteiger partial charge is 0.330 e. The highest BCUT2D eigenvalue weighted by atomic mass is 35.5. The number of hydrogen-bond acceptors (Lipinski definition) is 12. The Balaban J connectivity index is 0.000000170. The first-order valence-corrected chi connectivity index (χ1v) is 25.7. The van der Waals surface area contributed by atoms with Crippen LogP contribution < -0.4 is 24.9 Å². The minimum absolute atomic E-state index is 0.0744. The number of urea groups is 2. The van der Waals surface area contributed by atoms with Crippen molar-refractivity contribution in [1.82, 2.24) is 29.7 Å². The molecular weight excluding hydrogens is 926 g/mol. The molecule has 3 fully saturated rings. The van der Waals surface area contributed by atoms with E-state index < -0.39 is 9.84 Å². The predicted octanol–water partition coefficient (Wildman–Crippen LogP) is 8.03. The Hall–Kier alpha value is -5.43. The molecule has 2 saturated heterocycles. The van der Waals surface area contributed by atoms with Gasteiger partial charge in [0.15, 0.2) is 0 Å². The van der Waals surface area contributed by atoms with Crippen molar-refractivity contribution in [3.8, 4) is 0 Å². The molecule has 4 amide bonds. The third-order valence-corrected chi connectivity index (χ3v) is 15.7. The standard InChI is InChI=1S/C25H26ClN5O3S.C24H31ClN6O2/c1-29-13-11-20(12-14-29)31-23-19(16-30(25(31)32)22-10-6-5-9-21(22)26)15-27-24(28-23)35(33,34)17-18-7-3-2-4-8-18;1-29-12-10-18(11-13-29)31-22-16(15-30(24(31)33)21-5-3-2-4-20(21)25)14-26-23(28-22)27-17-6-8-19(32)9-7-17/h2-10,15,20H,11-14,16-17H2,1H3;2-5,14,17-19,32H,6-13,15H2,1H3,(H,26,27,28). The van der Waals surface area contributed by atoms with Gasteiger partial charge in [-0.25, -0.2) is 33.0 Å². The number of rotatable bonds is 9. The summed E-state index contributed by atoms with van der Waals surface area (Å²) < 4.78 is 26.3. The van der Waals surface area contributed by atoms with Crippen LogP contribution in [0.25, 0.3) is 0 Å². The average Bonchev–Trinajstić information content (AvgIpc) is 3.33. The molecule has 0 bridgehead atoms. The molecular formula is C49H57Cl2N11O5S. The summed E-state index contributed by atoms with van der Waals surface area (Å²) in [4.78, 5) is 57.2. The van der Waals surface area contributed by atoms with Gasteiger partial charge in [-0.1, -0.05) is 77.8 Å². The number of hydrogen-bond donors (Lipinski definition) is 2. The fourth-order valence-corrected chi connectivity index (χ4v) is 11.4. The van der Waals surface area contributed by atoms with Crippen LogP contribution in [0.1, 0.15) is 68.1 Å². The van der Waals surface area contributed by atoms with Gasteiger partial charge in [0.25, 0.3) is 0 Å². The Labute approximate surface area is 407 Å². The van der Waals surface area contributed by atoms with Gasteiger partial charge in [-0.3, -0.25) is 19.6 Å². The summed E-state index contributed by atoms with van der Waals surface area (Å²) in [5, 5.41) is 14.0. The van der Waals surface area contributed by atoms with Gasteiger partial charge >= 0.3 is 12.1 Å². The molecule has 68 heavy (non-hydrogen) atoms. The largest absolute Gasteiger partial charge is 0.393 e. The Morgan fingerprint density at radius 3 is 1.62 bits per heavy atom. The van der Waals surface area contributed by atoms with Gasteiger partial charge < -0.3 is 20.2 Å². The SMILES string of the molecule is CN1CCC(N2C(=O)N(c3ccccc3Cl)Cc3cnc(NC4CCC(O)CC4)nc32)CC1.CN1CCC(N2C(=O)N(c3ccccc3Cl)Cc3cnc(S(=O)(=O)Cc4ccccc4)nc32)CC1. The van der Waals surface area contributed by atoms with Gasteiger partial charge in [0.05, 0.1) is 46.4 Å². The van der Waals surface area contributed by atoms with Gasteiger partial charge in [-0.15, -0.1) is 0 Å². The number of carbonyl (C=O) groups excluding carboxylic acids is 2. The molecule has 0 spiro atoms. The van der Waals surface area contributed by atoms with Crippen LogP contribution in [0.15, 0.2) is 96.4 Å². The first kappa shape index (κ1) is 47.6. The zero-order valence-corrected chi connectivity index (χ0v) is 40.6. The number of fused-ring (bicyclic) bond motifs is 2. The van der Waals surface area contributed by atoms with Crippen molar-refractivity contribution in [2.45, 2.75) is 99.6 Å². The molecule has 6 heterocycles. The molecule has 4 aliphatic heterocycles. The van der Waals surface area contributed by atoms with Crippen molar-refractivity contribution in [3.05, 3.63) is 118 Å². The van der Waals surface area contributed by atoms with Gasteiger partial charge in [0.2, 0.25) is 20.9 Å². The van der Waals surface area contributed by atoms with E-state index in [-0.39, 0.29) is 53.7 Å². The van der Waals surface area contributed by atoms with E-state index in [1.54, 1.807) is 51.1 Å². The normalized spacial score (nSPS) is 21.0. The molecule has 0 radical (unpaired) electrons. The monoisotopic (exact) mass is 981 g/mol. The summed E-state index contributed by atoms with van der Waals surface area (Å²) in [6.07, 6.45) is 9.81. The first-order chi connectivity index (χ1) is 32.8. The van der Waals surface area contributed by atoms with E-state index in [1.165, 1.54) is 6.20 Å². The lowest BCUT2D eigenvalue weighted by Gasteiger charge is -2.43. The van der Waals surface area contributed by atoms with Gasteiger partial charge in [-0.05, 0) is 121 Å². The molecule has 1 saturated carbocycles. The number of anilines is 5. The van der Waals surface area contributed by atoms with Gasteiger partial charge in [-0.2, -0.15) is 4.98 Å². The zero-order valence-electron chi connectivity index (χ0n) is 38.3. The van der Waals surface area contributed by atoms with Gasteiger partial charge in [0, 0.05) is 41.6 Å². The van der Waals surface area contributed by atoms with Crippen molar-refractivity contribution in [2.24, 2.45) is 0 Å². The fraction of sp³-hybridized carbons (Fsp3) is 0.429. The molecule has 2 aromatic heterocycles. The molecule has 10 rings (SSSR count). The van der Waals surface area contributed by atoms with E-state index in [0.29, 0.717) is 56.7 Å². The van der Waals surface area contributed by atoms with Crippen molar-refractivity contribution in [3.63, 3.8) is 0 Å². The minimum atomic E-state index is -3.80. The Kier molecular flexibility index (Phi) is 14.5. The van der Waals surface area contributed by atoms with Crippen LogP contribution in [-0.2, 0) is 28.7 Å². The summed E-state index contributed by atoms with van der Waals surface area (Å²) in [5.74, 6) is 1.41. The van der Waals surface area contributed by atoms with Gasteiger partial charge in [0.1, 0.15) is 11.6 Å². The number of para-hydroxylation sites is 2. The molecule has 358 valence electrons. The lowest BCUT2D eigenvalue weighted by molar-refractivity contribution is 0.126. The predicted molar refractivity (Wildman–Crippen MR) is 265 cm³/mol.